The smallest absolute Gasteiger partial charge is 0.319 e. The molecule has 0 aliphatic carbocycles. The van der Waals surface area contributed by atoms with Crippen LogP contribution in [0.4, 0.5) is 10.5 Å². The zero-order chi connectivity index (χ0) is 19.6. The quantitative estimate of drug-likeness (QED) is 0.694. The van der Waals surface area contributed by atoms with E-state index in [1.807, 2.05) is 6.92 Å². The number of rotatable bonds is 7. The number of esters is 1. The van der Waals surface area contributed by atoms with Crippen LogP contribution in [0, 0.1) is 5.92 Å². The Hall–Kier alpha value is -2.84. The van der Waals surface area contributed by atoms with Crippen molar-refractivity contribution in [1.82, 2.24) is 15.2 Å². The van der Waals surface area contributed by atoms with Gasteiger partial charge in [-0.25, -0.2) is 9.78 Å². The van der Waals surface area contributed by atoms with Crippen LogP contribution in [0.3, 0.4) is 0 Å². The lowest BCUT2D eigenvalue weighted by Gasteiger charge is -2.30. The first-order valence-electron chi connectivity index (χ1n) is 9.11. The van der Waals surface area contributed by atoms with Crippen molar-refractivity contribution < 1.29 is 23.9 Å². The van der Waals surface area contributed by atoms with Gasteiger partial charge in [-0.3, -0.25) is 9.59 Å². The minimum Gasteiger partial charge on any atom is -0.468 e. The lowest BCUT2D eigenvalue weighted by atomic mass is 9.97. The molecule has 0 radical (unpaired) electrons. The summed E-state index contributed by atoms with van der Waals surface area (Å²) in [5, 5.41) is 5.24. The zero-order valence-electron chi connectivity index (χ0n) is 15.7. The van der Waals surface area contributed by atoms with Crippen LogP contribution >= 0.6 is 0 Å². The number of urea groups is 1. The molecule has 1 aliphatic rings. The Morgan fingerprint density at radius 2 is 1.96 bits per heavy atom. The van der Waals surface area contributed by atoms with Crippen molar-refractivity contribution in [1.29, 1.82) is 0 Å². The molecule has 0 saturated carbocycles. The number of amides is 3. The normalized spacial score (nSPS) is 14.4. The fourth-order valence-electron chi connectivity index (χ4n) is 2.73. The monoisotopic (exact) mass is 378 g/mol. The van der Waals surface area contributed by atoms with E-state index in [1.165, 1.54) is 6.20 Å². The predicted molar refractivity (Wildman–Crippen MR) is 98.4 cm³/mol. The SMILES string of the molecule is CCNC(=O)Nc1ccc(OCC(=O)N2CCC(C(=O)OCC)CC2)nc1. The molecule has 2 heterocycles. The molecule has 2 rings (SSSR count). The summed E-state index contributed by atoms with van der Waals surface area (Å²) in [4.78, 5) is 41.2. The second-order valence-electron chi connectivity index (χ2n) is 6.07. The van der Waals surface area contributed by atoms with Gasteiger partial charge in [0.2, 0.25) is 5.88 Å². The molecule has 0 aromatic carbocycles. The molecule has 148 valence electrons. The van der Waals surface area contributed by atoms with Gasteiger partial charge in [-0.2, -0.15) is 0 Å². The first-order valence-corrected chi connectivity index (χ1v) is 9.11. The Labute approximate surface area is 158 Å². The highest BCUT2D eigenvalue weighted by Gasteiger charge is 2.28. The maximum absolute atomic E-state index is 12.2. The fourth-order valence-corrected chi connectivity index (χ4v) is 2.73. The number of nitrogens with zero attached hydrogens (tertiary/aromatic N) is 2. The lowest BCUT2D eigenvalue weighted by molar-refractivity contribution is -0.151. The van der Waals surface area contributed by atoms with Crippen molar-refractivity contribution in [3.8, 4) is 5.88 Å². The molecule has 1 aliphatic heterocycles. The Morgan fingerprint density at radius 3 is 2.56 bits per heavy atom. The summed E-state index contributed by atoms with van der Waals surface area (Å²) in [5.74, 6) is -0.178. The van der Waals surface area contributed by atoms with Gasteiger partial charge < -0.3 is 25.0 Å². The lowest BCUT2D eigenvalue weighted by Crippen LogP contribution is -2.42. The van der Waals surface area contributed by atoms with Gasteiger partial charge in [0.15, 0.2) is 6.61 Å². The summed E-state index contributed by atoms with van der Waals surface area (Å²) in [7, 11) is 0. The minimum atomic E-state index is -0.311. The molecular formula is C18H26N4O5. The van der Waals surface area contributed by atoms with E-state index < -0.39 is 0 Å². The molecule has 1 fully saturated rings. The van der Waals surface area contributed by atoms with Gasteiger partial charge in [0.05, 0.1) is 24.4 Å². The Kier molecular flexibility index (Phi) is 7.84. The van der Waals surface area contributed by atoms with Crippen molar-refractivity contribution in [2.75, 3.05) is 38.2 Å². The average Bonchev–Trinajstić information content (AvgIpc) is 2.67. The van der Waals surface area contributed by atoms with Crippen LogP contribution in [0.5, 0.6) is 5.88 Å². The third-order valence-electron chi connectivity index (χ3n) is 4.14. The average molecular weight is 378 g/mol. The second-order valence-corrected chi connectivity index (χ2v) is 6.07. The van der Waals surface area contributed by atoms with Gasteiger partial charge in [-0.15, -0.1) is 0 Å². The number of ether oxygens (including phenoxy) is 2. The van der Waals surface area contributed by atoms with E-state index in [2.05, 4.69) is 15.6 Å². The molecule has 1 aromatic heterocycles. The first kappa shape index (κ1) is 20.5. The topological polar surface area (TPSA) is 110 Å². The number of aromatic nitrogens is 1. The van der Waals surface area contributed by atoms with Crippen LogP contribution in [-0.2, 0) is 14.3 Å². The summed E-state index contributed by atoms with van der Waals surface area (Å²) < 4.78 is 10.4. The van der Waals surface area contributed by atoms with E-state index in [4.69, 9.17) is 9.47 Å². The molecule has 27 heavy (non-hydrogen) atoms. The number of hydrogen-bond donors (Lipinski definition) is 2. The van der Waals surface area contributed by atoms with Gasteiger partial charge in [0.1, 0.15) is 0 Å². The van der Waals surface area contributed by atoms with Crippen LogP contribution in [0.25, 0.3) is 0 Å². The van der Waals surface area contributed by atoms with Crippen LogP contribution in [0.2, 0.25) is 0 Å². The molecular weight excluding hydrogens is 352 g/mol. The summed E-state index contributed by atoms with van der Waals surface area (Å²) in [5.41, 5.74) is 0.528. The number of likely N-dealkylation sites (tertiary alicyclic amines) is 1. The number of piperidine rings is 1. The molecule has 0 unspecified atom stereocenters. The van der Waals surface area contributed by atoms with Gasteiger partial charge in [0.25, 0.3) is 5.91 Å². The van der Waals surface area contributed by atoms with Crippen molar-refractivity contribution in [3.63, 3.8) is 0 Å². The Bertz CT molecular complexity index is 642. The Balaban J connectivity index is 1.74. The molecule has 1 saturated heterocycles. The number of nitrogens with one attached hydrogen (secondary N) is 2. The van der Waals surface area contributed by atoms with Gasteiger partial charge in [-0.1, -0.05) is 0 Å². The number of anilines is 1. The zero-order valence-corrected chi connectivity index (χ0v) is 15.7. The van der Waals surface area contributed by atoms with Crippen LogP contribution < -0.4 is 15.4 Å². The number of carbonyl (C=O) groups is 3. The van der Waals surface area contributed by atoms with Crippen molar-refractivity contribution in [2.45, 2.75) is 26.7 Å². The minimum absolute atomic E-state index is 0.125. The van der Waals surface area contributed by atoms with E-state index in [9.17, 15) is 14.4 Å². The Morgan fingerprint density at radius 1 is 1.22 bits per heavy atom. The van der Waals surface area contributed by atoms with E-state index in [1.54, 1.807) is 24.0 Å². The molecule has 0 bridgehead atoms. The highest BCUT2D eigenvalue weighted by molar-refractivity contribution is 5.88. The number of hydrogen-bond acceptors (Lipinski definition) is 6. The summed E-state index contributed by atoms with van der Waals surface area (Å²) in [6.45, 7) is 5.40. The summed E-state index contributed by atoms with van der Waals surface area (Å²) in [6.07, 6.45) is 2.66. The molecule has 9 heteroatoms. The van der Waals surface area contributed by atoms with E-state index in [0.29, 0.717) is 50.7 Å². The van der Waals surface area contributed by atoms with Gasteiger partial charge in [-0.05, 0) is 32.8 Å². The largest absolute Gasteiger partial charge is 0.468 e. The summed E-state index contributed by atoms with van der Waals surface area (Å²) >= 11 is 0. The third kappa shape index (κ3) is 6.43. The van der Waals surface area contributed by atoms with E-state index >= 15 is 0 Å². The van der Waals surface area contributed by atoms with Gasteiger partial charge >= 0.3 is 12.0 Å². The second kappa shape index (κ2) is 10.3. The first-order chi connectivity index (χ1) is 13.0. The number of pyridine rings is 1. The molecule has 0 spiro atoms. The van der Waals surface area contributed by atoms with Crippen LogP contribution in [0.15, 0.2) is 18.3 Å². The van der Waals surface area contributed by atoms with Crippen LogP contribution in [0.1, 0.15) is 26.7 Å². The molecule has 1 aromatic rings. The van der Waals surface area contributed by atoms with Gasteiger partial charge in [0, 0.05) is 25.7 Å². The predicted octanol–water partition coefficient (Wildman–Crippen LogP) is 1.40. The number of carbonyl (C=O) groups excluding carboxylic acids is 3. The maximum Gasteiger partial charge on any atom is 0.319 e. The molecule has 3 amide bonds. The van der Waals surface area contributed by atoms with Crippen molar-refractivity contribution in [3.05, 3.63) is 18.3 Å². The molecule has 2 N–H and O–H groups in total. The maximum atomic E-state index is 12.2. The fraction of sp³-hybridized carbons (Fsp3) is 0.556. The summed E-state index contributed by atoms with van der Waals surface area (Å²) in [6, 6.07) is 2.92. The molecule has 9 nitrogen and oxygen atoms in total. The highest BCUT2D eigenvalue weighted by Crippen LogP contribution is 2.19. The van der Waals surface area contributed by atoms with E-state index in [0.717, 1.165) is 0 Å². The van der Waals surface area contributed by atoms with Crippen molar-refractivity contribution >= 4 is 23.6 Å². The molecule has 0 atom stereocenters. The van der Waals surface area contributed by atoms with E-state index in [-0.39, 0.29) is 30.4 Å². The standard InChI is InChI=1S/C18H26N4O5/c1-3-19-18(25)21-14-5-6-15(20-11-14)27-12-16(23)22-9-7-13(8-10-22)17(24)26-4-2/h5-6,11,13H,3-4,7-10,12H2,1-2H3,(H2,19,21,25). The highest BCUT2D eigenvalue weighted by atomic mass is 16.5. The van der Waals surface area contributed by atoms with Crippen molar-refractivity contribution in [2.24, 2.45) is 5.92 Å². The van der Waals surface area contributed by atoms with Crippen LogP contribution in [-0.4, -0.2) is 60.6 Å². The third-order valence-corrected chi connectivity index (χ3v) is 4.14.